The average molecular weight is 488 g/mol. The van der Waals surface area contributed by atoms with Gasteiger partial charge in [-0.2, -0.15) is 4.98 Å². The lowest BCUT2D eigenvalue weighted by atomic mass is 9.84. The molecule has 1 aliphatic carbocycles. The minimum absolute atomic E-state index is 0.161. The topological polar surface area (TPSA) is 93.0 Å². The number of rotatable bonds is 7. The summed E-state index contributed by atoms with van der Waals surface area (Å²) in [5, 5.41) is 7.17. The van der Waals surface area contributed by atoms with Gasteiger partial charge < -0.3 is 11.1 Å². The van der Waals surface area contributed by atoms with E-state index in [4.69, 9.17) is 5.73 Å². The molecule has 0 saturated heterocycles. The molecular weight excluding hydrogens is 448 g/mol. The van der Waals surface area contributed by atoms with Crippen LogP contribution in [0.2, 0.25) is 0 Å². The minimum Gasteiger partial charge on any atom is -0.371 e. The van der Waals surface area contributed by atoms with Crippen LogP contribution in [0.15, 0.2) is 46.2 Å². The molecule has 1 fully saturated rings. The normalized spacial score (nSPS) is 19.9. The number of nitrogens with one attached hydrogen (secondary N) is 1. The first-order valence-corrected chi connectivity index (χ1v) is 12.1. The van der Waals surface area contributed by atoms with Crippen molar-refractivity contribution in [2.75, 3.05) is 25.1 Å². The van der Waals surface area contributed by atoms with E-state index in [2.05, 4.69) is 39.2 Å². The van der Waals surface area contributed by atoms with Crippen molar-refractivity contribution in [3.63, 3.8) is 0 Å². The molecule has 0 spiro atoms. The molecule has 1 aliphatic rings. The zero-order valence-corrected chi connectivity index (χ0v) is 21.7. The van der Waals surface area contributed by atoms with Gasteiger partial charge in [-0.3, -0.25) is 9.98 Å². The smallest absolute Gasteiger partial charge is 0.242 e. The van der Waals surface area contributed by atoms with Crippen LogP contribution in [0.1, 0.15) is 65.4 Å². The van der Waals surface area contributed by atoms with Crippen molar-refractivity contribution in [2.45, 2.75) is 66.2 Å². The highest BCUT2D eigenvalue weighted by Crippen LogP contribution is 2.27. The molecule has 2 aromatic rings. The maximum atomic E-state index is 12.3. The number of alkyl halides is 2. The highest BCUT2D eigenvalue weighted by atomic mass is 19.3. The number of hydrogen-bond acceptors (Lipinski definition) is 6. The quantitative estimate of drug-likeness (QED) is 0.456. The first-order chi connectivity index (χ1) is 16.6. The number of nitrogens with two attached hydrogens (primary N) is 1. The Kier molecular flexibility index (Phi) is 11.0. The summed E-state index contributed by atoms with van der Waals surface area (Å²) in [4.78, 5) is 12.7. The molecule has 0 radical (unpaired) electrons. The number of fused-ring (bicyclic) bond motifs is 1. The Balaban J connectivity index is 0.000000456. The molecule has 2 heterocycles. The van der Waals surface area contributed by atoms with Gasteiger partial charge in [0, 0.05) is 44.2 Å². The second kappa shape index (κ2) is 13.7. The predicted molar refractivity (Wildman–Crippen MR) is 143 cm³/mol. The number of hydrogen-bond donors (Lipinski definition) is 2. The van der Waals surface area contributed by atoms with Crippen molar-refractivity contribution in [3.05, 3.63) is 41.8 Å². The maximum Gasteiger partial charge on any atom is 0.242 e. The first-order valence-electron chi connectivity index (χ1n) is 12.1. The van der Waals surface area contributed by atoms with Crippen LogP contribution in [0.25, 0.3) is 5.52 Å². The highest BCUT2D eigenvalue weighted by molar-refractivity contribution is 6.16. The summed E-state index contributed by atoms with van der Waals surface area (Å²) in [6, 6.07) is 1.87. The molecule has 0 aliphatic heterocycles. The Morgan fingerprint density at radius 1 is 1.20 bits per heavy atom. The van der Waals surface area contributed by atoms with Gasteiger partial charge in [0.2, 0.25) is 12.4 Å². The van der Waals surface area contributed by atoms with Crippen molar-refractivity contribution in [3.8, 4) is 0 Å². The lowest BCUT2D eigenvalue weighted by Gasteiger charge is -2.22. The van der Waals surface area contributed by atoms with Crippen LogP contribution in [0, 0.1) is 11.8 Å². The molecule has 0 aromatic carbocycles. The Morgan fingerprint density at radius 3 is 2.37 bits per heavy atom. The van der Waals surface area contributed by atoms with Crippen LogP contribution in [0.3, 0.4) is 0 Å². The molecule has 35 heavy (non-hydrogen) atoms. The first kappa shape index (κ1) is 28.1. The van der Waals surface area contributed by atoms with E-state index in [9.17, 15) is 8.78 Å². The fourth-order valence-electron chi connectivity index (χ4n) is 3.88. The van der Waals surface area contributed by atoms with E-state index in [0.717, 1.165) is 22.9 Å². The summed E-state index contributed by atoms with van der Waals surface area (Å²) in [5.74, 6) is 2.79. The number of nitrogens with zero attached hydrogens (tertiary/aromatic N) is 5. The number of anilines is 2. The van der Waals surface area contributed by atoms with Gasteiger partial charge in [0.1, 0.15) is 5.52 Å². The molecule has 0 amide bonds. The van der Waals surface area contributed by atoms with Crippen molar-refractivity contribution in [2.24, 2.45) is 21.8 Å². The standard InChI is InChI=1S/C18H23F2N7.C8H16/c1-11(9-15(19)20)10-24-12(2)5-6-14(22-3)13-7-8-27-16(13)17(23-4)25-18(21)26-27;1-7-3-5-8(2)6-4-7/h5-8,10,15H,9H2,1-4H3,(H3,21,23,25,26);7-8H,3-6H2,1-2H3/b6-5-,11-10+,22-14?,24-12-;. The maximum absolute atomic E-state index is 12.3. The molecule has 1 saturated carbocycles. The molecular formula is C26H39F2N7. The Hall–Kier alpha value is -3.10. The summed E-state index contributed by atoms with van der Waals surface area (Å²) < 4.78 is 26.3. The second-order valence-electron chi connectivity index (χ2n) is 9.24. The Bertz CT molecular complexity index is 1060. The van der Waals surface area contributed by atoms with Crippen LogP contribution in [0.5, 0.6) is 0 Å². The Labute approximate surface area is 207 Å². The molecule has 7 nitrogen and oxygen atoms in total. The number of aliphatic imine (C=N–C) groups is 2. The predicted octanol–water partition coefficient (Wildman–Crippen LogP) is 6.18. The van der Waals surface area contributed by atoms with E-state index in [1.807, 2.05) is 6.07 Å². The van der Waals surface area contributed by atoms with Gasteiger partial charge in [0.05, 0.1) is 5.71 Å². The van der Waals surface area contributed by atoms with Crippen molar-refractivity contribution < 1.29 is 8.78 Å². The summed E-state index contributed by atoms with van der Waals surface area (Å²) >= 11 is 0. The summed E-state index contributed by atoms with van der Waals surface area (Å²) in [7, 11) is 3.43. The van der Waals surface area contributed by atoms with Gasteiger partial charge in [-0.1, -0.05) is 39.5 Å². The monoisotopic (exact) mass is 487 g/mol. The second-order valence-corrected chi connectivity index (χ2v) is 9.24. The number of aromatic nitrogens is 3. The van der Waals surface area contributed by atoms with E-state index in [-0.39, 0.29) is 12.4 Å². The van der Waals surface area contributed by atoms with E-state index in [1.165, 1.54) is 31.9 Å². The molecule has 3 N–H and O–H groups in total. The number of allylic oxidation sites excluding steroid dienone is 3. The van der Waals surface area contributed by atoms with Crippen LogP contribution in [0.4, 0.5) is 20.5 Å². The third kappa shape index (κ3) is 8.88. The van der Waals surface area contributed by atoms with E-state index in [0.29, 0.717) is 22.8 Å². The van der Waals surface area contributed by atoms with Crippen LogP contribution in [-0.4, -0.2) is 46.5 Å². The highest BCUT2D eigenvalue weighted by Gasteiger charge is 2.14. The summed E-state index contributed by atoms with van der Waals surface area (Å²) in [6.07, 6.45) is 10.1. The van der Waals surface area contributed by atoms with Crippen molar-refractivity contribution in [1.29, 1.82) is 0 Å². The fraction of sp³-hybridized carbons (Fsp3) is 0.538. The van der Waals surface area contributed by atoms with Crippen molar-refractivity contribution >= 4 is 28.7 Å². The third-order valence-corrected chi connectivity index (χ3v) is 6.03. The van der Waals surface area contributed by atoms with Crippen LogP contribution in [-0.2, 0) is 0 Å². The molecule has 2 aromatic heterocycles. The van der Waals surface area contributed by atoms with Crippen LogP contribution >= 0.6 is 0 Å². The van der Waals surface area contributed by atoms with Crippen LogP contribution < -0.4 is 11.1 Å². The molecule has 0 atom stereocenters. The summed E-state index contributed by atoms with van der Waals surface area (Å²) in [6.45, 7) is 8.15. The van der Waals surface area contributed by atoms with Gasteiger partial charge in [-0.05, 0) is 49.5 Å². The molecule has 192 valence electrons. The zero-order valence-electron chi connectivity index (χ0n) is 21.7. The van der Waals surface area contributed by atoms with E-state index in [1.54, 1.807) is 50.8 Å². The van der Waals surface area contributed by atoms with Crippen molar-refractivity contribution in [1.82, 2.24) is 14.6 Å². The minimum atomic E-state index is -2.37. The van der Waals surface area contributed by atoms with Gasteiger partial charge in [0.15, 0.2) is 5.82 Å². The lowest BCUT2D eigenvalue weighted by Crippen LogP contribution is -2.08. The molecule has 9 heteroatoms. The lowest BCUT2D eigenvalue weighted by molar-refractivity contribution is 0.149. The fourth-order valence-corrected chi connectivity index (χ4v) is 3.88. The Morgan fingerprint density at radius 2 is 1.83 bits per heavy atom. The molecule has 0 unspecified atom stereocenters. The van der Waals surface area contributed by atoms with Gasteiger partial charge in [0.25, 0.3) is 0 Å². The van der Waals surface area contributed by atoms with Gasteiger partial charge >= 0.3 is 0 Å². The van der Waals surface area contributed by atoms with Gasteiger partial charge in [-0.25, -0.2) is 13.3 Å². The third-order valence-electron chi connectivity index (χ3n) is 6.03. The largest absolute Gasteiger partial charge is 0.371 e. The zero-order chi connectivity index (χ0) is 26.0. The summed E-state index contributed by atoms with van der Waals surface area (Å²) in [5.41, 5.74) is 9.18. The SMILES string of the molecule is CC1CCC(C)CC1.CN=C(\C=C/C(C)=N\C=C(/C)CC(F)F)c1ccn2nc(N)nc(NC)c12. The molecule has 3 rings (SSSR count). The average Bonchev–Trinajstić information content (AvgIpc) is 3.23. The van der Waals surface area contributed by atoms with Gasteiger partial charge in [-0.15, -0.1) is 5.10 Å². The van der Waals surface area contributed by atoms with E-state index >= 15 is 0 Å². The number of halogens is 2. The molecule has 0 bridgehead atoms. The number of nitrogen functional groups attached to an aromatic ring is 1. The van der Waals surface area contributed by atoms with E-state index < -0.39 is 6.43 Å².